The number of methoxy groups -OCH3 is 1. The summed E-state index contributed by atoms with van der Waals surface area (Å²) in [5.41, 5.74) is 0.804. The summed E-state index contributed by atoms with van der Waals surface area (Å²) in [4.78, 5) is 22.3. The number of rotatable bonds is 9. The molecule has 8 nitrogen and oxygen atoms in total. The highest BCUT2D eigenvalue weighted by Crippen LogP contribution is 2.34. The molecular formula is C23H29ClN4O4S3. The van der Waals surface area contributed by atoms with Crippen LogP contribution in [-0.4, -0.2) is 75.9 Å². The van der Waals surface area contributed by atoms with Crippen LogP contribution in [-0.2, 0) is 14.8 Å². The van der Waals surface area contributed by atoms with Crippen LogP contribution in [0.1, 0.15) is 19.3 Å². The summed E-state index contributed by atoms with van der Waals surface area (Å²) in [6.07, 6.45) is 2.04. The Balaban J connectivity index is 1.58. The molecule has 1 aliphatic heterocycles. The van der Waals surface area contributed by atoms with Crippen LogP contribution < -0.4 is 9.64 Å². The van der Waals surface area contributed by atoms with Gasteiger partial charge in [-0.15, -0.1) is 11.3 Å². The Bertz CT molecular complexity index is 1290. The van der Waals surface area contributed by atoms with Crippen molar-refractivity contribution in [1.29, 1.82) is 0 Å². The first-order valence-corrected chi connectivity index (χ1v) is 14.8. The smallest absolute Gasteiger partial charge is 0.252 e. The fraction of sp³-hybridized carbons (Fsp3) is 0.478. The van der Waals surface area contributed by atoms with E-state index in [-0.39, 0.29) is 16.7 Å². The number of ether oxygens (including phenoxy) is 1. The SMILES string of the molecule is COc1ccc2nc(N(CCCN(C)C)C(=O)C3CCCN(S(=O)(=O)c4ccc(Cl)s4)C3)sc2c1. The molecule has 1 atom stereocenters. The van der Waals surface area contributed by atoms with Crippen LogP contribution in [0.2, 0.25) is 4.34 Å². The molecule has 35 heavy (non-hydrogen) atoms. The molecule has 1 unspecified atom stereocenters. The molecule has 1 amide bonds. The molecule has 0 spiro atoms. The molecule has 1 aromatic carbocycles. The second kappa shape index (κ2) is 11.1. The van der Waals surface area contributed by atoms with Crippen molar-refractivity contribution in [2.75, 3.05) is 52.3 Å². The van der Waals surface area contributed by atoms with Crippen molar-refractivity contribution >= 4 is 65.6 Å². The average Bonchev–Trinajstić information content (AvgIpc) is 3.47. The molecule has 0 saturated carbocycles. The first kappa shape index (κ1) is 26.3. The number of carbonyl (C=O) groups excluding carboxylic acids is 1. The minimum atomic E-state index is -3.69. The van der Waals surface area contributed by atoms with E-state index in [1.165, 1.54) is 21.7 Å². The lowest BCUT2D eigenvalue weighted by Crippen LogP contribution is -2.47. The van der Waals surface area contributed by atoms with Crippen LogP contribution in [0.4, 0.5) is 5.13 Å². The Morgan fingerprint density at radius 1 is 1.23 bits per heavy atom. The maximum absolute atomic E-state index is 13.8. The van der Waals surface area contributed by atoms with Gasteiger partial charge in [0.15, 0.2) is 5.13 Å². The van der Waals surface area contributed by atoms with Crippen LogP contribution in [0.5, 0.6) is 5.75 Å². The summed E-state index contributed by atoms with van der Waals surface area (Å²) < 4.78 is 34.6. The maximum Gasteiger partial charge on any atom is 0.252 e. The van der Waals surface area contributed by atoms with E-state index in [0.29, 0.717) is 35.4 Å². The molecule has 0 aliphatic carbocycles. The van der Waals surface area contributed by atoms with Crippen LogP contribution in [0.25, 0.3) is 10.2 Å². The van der Waals surface area contributed by atoms with Crippen LogP contribution in [0.3, 0.4) is 0 Å². The van der Waals surface area contributed by atoms with E-state index in [9.17, 15) is 13.2 Å². The minimum Gasteiger partial charge on any atom is -0.497 e. The molecule has 0 N–H and O–H groups in total. The number of thiophene rings is 1. The number of carbonyl (C=O) groups is 1. The Kier molecular flexibility index (Phi) is 8.34. The van der Waals surface area contributed by atoms with Gasteiger partial charge in [-0.25, -0.2) is 13.4 Å². The number of amides is 1. The zero-order valence-electron chi connectivity index (χ0n) is 19.9. The molecule has 1 saturated heterocycles. The number of hydrogen-bond donors (Lipinski definition) is 0. The third-order valence-corrected chi connectivity index (χ3v) is 10.5. The molecule has 2 aromatic heterocycles. The zero-order chi connectivity index (χ0) is 25.2. The Hall–Kier alpha value is -1.76. The number of nitrogens with zero attached hydrogens (tertiary/aromatic N) is 4. The largest absolute Gasteiger partial charge is 0.497 e. The molecule has 1 aliphatic rings. The molecule has 1 fully saturated rings. The highest BCUT2D eigenvalue weighted by molar-refractivity contribution is 7.91. The number of anilines is 1. The predicted octanol–water partition coefficient (Wildman–Crippen LogP) is 4.41. The summed E-state index contributed by atoms with van der Waals surface area (Å²) in [7, 11) is 1.92. The van der Waals surface area contributed by atoms with Crippen molar-refractivity contribution in [3.05, 3.63) is 34.7 Å². The first-order valence-electron chi connectivity index (χ1n) is 11.3. The fourth-order valence-electron chi connectivity index (χ4n) is 4.13. The van der Waals surface area contributed by atoms with Crippen molar-refractivity contribution in [2.24, 2.45) is 5.92 Å². The number of thiazole rings is 1. The zero-order valence-corrected chi connectivity index (χ0v) is 23.1. The van der Waals surface area contributed by atoms with Crippen molar-refractivity contribution < 1.29 is 17.9 Å². The van der Waals surface area contributed by atoms with E-state index in [2.05, 4.69) is 4.90 Å². The second-order valence-electron chi connectivity index (χ2n) is 8.74. The topological polar surface area (TPSA) is 83.1 Å². The lowest BCUT2D eigenvalue weighted by Gasteiger charge is -2.33. The number of halogens is 1. The lowest BCUT2D eigenvalue weighted by molar-refractivity contribution is -0.123. The number of aromatic nitrogens is 1. The Morgan fingerprint density at radius 3 is 2.71 bits per heavy atom. The Morgan fingerprint density at radius 2 is 2.03 bits per heavy atom. The molecule has 3 heterocycles. The summed E-state index contributed by atoms with van der Waals surface area (Å²) >= 11 is 8.46. The second-order valence-corrected chi connectivity index (χ2v) is 13.6. The molecule has 4 rings (SSSR count). The maximum atomic E-state index is 13.8. The van der Waals surface area contributed by atoms with Gasteiger partial charge in [0.1, 0.15) is 9.96 Å². The third kappa shape index (κ3) is 5.98. The van der Waals surface area contributed by atoms with E-state index >= 15 is 0 Å². The number of fused-ring (bicyclic) bond motifs is 1. The van der Waals surface area contributed by atoms with Crippen molar-refractivity contribution in [1.82, 2.24) is 14.2 Å². The molecule has 0 bridgehead atoms. The van der Waals surface area contributed by atoms with Gasteiger partial charge in [-0.3, -0.25) is 9.69 Å². The summed E-state index contributed by atoms with van der Waals surface area (Å²) in [5, 5.41) is 0.627. The average molecular weight is 557 g/mol. The number of sulfonamides is 1. The van der Waals surface area contributed by atoms with E-state index in [1.807, 2.05) is 32.3 Å². The van der Waals surface area contributed by atoms with Crippen LogP contribution in [0, 0.1) is 5.92 Å². The fourth-order valence-corrected chi connectivity index (χ4v) is 8.31. The lowest BCUT2D eigenvalue weighted by atomic mass is 9.98. The molecule has 0 radical (unpaired) electrons. The number of hydrogen-bond acceptors (Lipinski definition) is 8. The number of benzene rings is 1. The highest BCUT2D eigenvalue weighted by Gasteiger charge is 2.36. The van der Waals surface area contributed by atoms with Gasteiger partial charge in [0.05, 0.1) is 27.6 Å². The van der Waals surface area contributed by atoms with Gasteiger partial charge in [0, 0.05) is 19.6 Å². The molecule has 190 valence electrons. The van der Waals surface area contributed by atoms with Crippen LogP contribution in [0.15, 0.2) is 34.5 Å². The third-order valence-electron chi connectivity index (χ3n) is 5.94. The van der Waals surface area contributed by atoms with E-state index < -0.39 is 15.9 Å². The van der Waals surface area contributed by atoms with Crippen molar-refractivity contribution in [2.45, 2.75) is 23.5 Å². The van der Waals surface area contributed by atoms with Gasteiger partial charge in [-0.1, -0.05) is 22.9 Å². The Labute approximate surface area is 219 Å². The van der Waals surface area contributed by atoms with Gasteiger partial charge in [0.2, 0.25) is 5.91 Å². The van der Waals surface area contributed by atoms with Crippen LogP contribution >= 0.6 is 34.3 Å². The van der Waals surface area contributed by atoms with Gasteiger partial charge < -0.3 is 9.64 Å². The normalized spacial score (nSPS) is 17.2. The summed E-state index contributed by atoms with van der Waals surface area (Å²) in [5.74, 6) is 0.216. The molecular weight excluding hydrogens is 528 g/mol. The van der Waals surface area contributed by atoms with E-state index in [4.69, 9.17) is 21.3 Å². The summed E-state index contributed by atoms with van der Waals surface area (Å²) in [6.45, 7) is 1.88. The minimum absolute atomic E-state index is 0.0844. The number of piperidine rings is 1. The van der Waals surface area contributed by atoms with Gasteiger partial charge in [0.25, 0.3) is 10.0 Å². The first-order chi connectivity index (χ1) is 16.7. The standard InChI is InChI=1S/C23H29ClN4O4S3/c1-26(2)11-5-13-28(23-25-18-8-7-17(32-3)14-19(18)33-23)22(29)16-6-4-12-27(15-16)35(30,31)21-10-9-20(24)34-21/h7-10,14,16H,4-6,11-13,15H2,1-3H3. The summed E-state index contributed by atoms with van der Waals surface area (Å²) in [6, 6.07) is 8.76. The van der Waals surface area contributed by atoms with Gasteiger partial charge in [-0.05, 0) is 70.2 Å². The molecule has 12 heteroatoms. The highest BCUT2D eigenvalue weighted by atomic mass is 35.5. The van der Waals surface area contributed by atoms with Crippen molar-refractivity contribution in [3.8, 4) is 5.75 Å². The van der Waals surface area contributed by atoms with E-state index in [0.717, 1.165) is 40.3 Å². The quantitative estimate of drug-likeness (QED) is 0.388. The van der Waals surface area contributed by atoms with E-state index in [1.54, 1.807) is 18.1 Å². The monoisotopic (exact) mass is 556 g/mol. The predicted molar refractivity (Wildman–Crippen MR) is 143 cm³/mol. The molecule has 3 aromatic rings. The van der Waals surface area contributed by atoms with Crippen molar-refractivity contribution in [3.63, 3.8) is 0 Å². The van der Waals surface area contributed by atoms with Gasteiger partial charge >= 0.3 is 0 Å². The van der Waals surface area contributed by atoms with Gasteiger partial charge in [-0.2, -0.15) is 4.31 Å².